The molecular formula is C13H20N6S. The van der Waals surface area contributed by atoms with Gasteiger partial charge in [-0.2, -0.15) is 5.10 Å². The van der Waals surface area contributed by atoms with Crippen molar-refractivity contribution in [2.75, 3.05) is 30.0 Å². The predicted octanol–water partition coefficient (Wildman–Crippen LogP) is 2.02. The molecule has 0 spiro atoms. The van der Waals surface area contributed by atoms with Crippen molar-refractivity contribution < 1.29 is 0 Å². The number of aryl methyl sites for hydroxylation is 1. The van der Waals surface area contributed by atoms with Crippen LogP contribution in [0.3, 0.4) is 0 Å². The van der Waals surface area contributed by atoms with Crippen LogP contribution in [0.25, 0.3) is 0 Å². The zero-order valence-corrected chi connectivity index (χ0v) is 12.9. The first kappa shape index (κ1) is 14.6. The summed E-state index contributed by atoms with van der Waals surface area (Å²) in [5.74, 6) is 1.71. The van der Waals surface area contributed by atoms with Gasteiger partial charge in [-0.05, 0) is 25.2 Å². The molecule has 0 aliphatic carbocycles. The van der Waals surface area contributed by atoms with E-state index in [1.165, 1.54) is 5.56 Å². The van der Waals surface area contributed by atoms with Crippen LogP contribution in [0.15, 0.2) is 23.6 Å². The summed E-state index contributed by atoms with van der Waals surface area (Å²) in [5.41, 5.74) is 1.21. The number of nitrogens with zero attached hydrogens (tertiary/aromatic N) is 4. The summed E-state index contributed by atoms with van der Waals surface area (Å²) < 4.78 is 1.81. The molecule has 0 fully saturated rings. The van der Waals surface area contributed by atoms with Gasteiger partial charge in [0.15, 0.2) is 5.16 Å². The summed E-state index contributed by atoms with van der Waals surface area (Å²) in [6.07, 6.45) is 6.81. The third-order valence-electron chi connectivity index (χ3n) is 2.72. The first-order chi connectivity index (χ1) is 9.71. The lowest BCUT2D eigenvalue weighted by atomic mass is 10.2. The van der Waals surface area contributed by atoms with E-state index in [9.17, 15) is 0 Å². The third-order valence-corrected chi connectivity index (χ3v) is 3.27. The van der Waals surface area contributed by atoms with E-state index < -0.39 is 0 Å². The minimum Gasteiger partial charge on any atom is -0.370 e. The van der Waals surface area contributed by atoms with Gasteiger partial charge in [-0.25, -0.2) is 9.97 Å². The van der Waals surface area contributed by atoms with Gasteiger partial charge in [0.05, 0.1) is 6.20 Å². The lowest BCUT2D eigenvalue weighted by Crippen LogP contribution is -2.08. The molecule has 0 amide bonds. The molecule has 0 saturated heterocycles. The molecule has 0 atom stereocenters. The van der Waals surface area contributed by atoms with Gasteiger partial charge in [0.2, 0.25) is 0 Å². The SMILES string of the molecule is CCNc1cc(NCCc2cnn(C)c2)nc(SC)n1. The molecule has 0 aliphatic rings. The average molecular weight is 292 g/mol. The number of aromatic nitrogens is 4. The molecule has 2 N–H and O–H groups in total. The van der Waals surface area contributed by atoms with Gasteiger partial charge in [-0.1, -0.05) is 11.8 Å². The molecule has 0 radical (unpaired) electrons. The quantitative estimate of drug-likeness (QED) is 0.601. The fourth-order valence-corrected chi connectivity index (χ4v) is 2.19. The standard InChI is InChI=1S/C13H20N6S/c1-4-14-11-7-12(18-13(17-11)20-3)15-6-5-10-8-16-19(2)9-10/h7-9H,4-6H2,1-3H3,(H2,14,15,17,18). The Morgan fingerprint density at radius 1 is 1.25 bits per heavy atom. The van der Waals surface area contributed by atoms with Crippen LogP contribution in [-0.2, 0) is 13.5 Å². The fourth-order valence-electron chi connectivity index (χ4n) is 1.81. The molecule has 7 heteroatoms. The molecule has 0 bridgehead atoms. The number of hydrogen-bond donors (Lipinski definition) is 2. The smallest absolute Gasteiger partial charge is 0.191 e. The number of thioether (sulfide) groups is 1. The van der Waals surface area contributed by atoms with E-state index in [1.807, 2.05) is 36.4 Å². The number of hydrogen-bond acceptors (Lipinski definition) is 6. The summed E-state index contributed by atoms with van der Waals surface area (Å²) in [6, 6.07) is 1.94. The maximum absolute atomic E-state index is 4.45. The molecule has 6 nitrogen and oxygen atoms in total. The lowest BCUT2D eigenvalue weighted by Gasteiger charge is -2.09. The summed E-state index contributed by atoms with van der Waals surface area (Å²) in [6.45, 7) is 3.72. The monoisotopic (exact) mass is 292 g/mol. The summed E-state index contributed by atoms with van der Waals surface area (Å²) in [7, 11) is 1.93. The normalized spacial score (nSPS) is 10.6. The van der Waals surface area contributed by atoms with Gasteiger partial charge in [-0.15, -0.1) is 0 Å². The van der Waals surface area contributed by atoms with E-state index in [4.69, 9.17) is 0 Å². The van der Waals surface area contributed by atoms with Crippen LogP contribution in [0.1, 0.15) is 12.5 Å². The van der Waals surface area contributed by atoms with Gasteiger partial charge < -0.3 is 10.6 Å². The molecule has 0 aliphatic heterocycles. The van der Waals surface area contributed by atoms with E-state index in [-0.39, 0.29) is 0 Å². The second kappa shape index (κ2) is 7.14. The molecule has 2 rings (SSSR count). The van der Waals surface area contributed by atoms with Crippen LogP contribution in [0.4, 0.5) is 11.6 Å². The second-order valence-corrected chi connectivity index (χ2v) is 5.13. The molecule has 0 saturated carbocycles. The first-order valence-electron chi connectivity index (χ1n) is 6.59. The van der Waals surface area contributed by atoms with Crippen molar-refractivity contribution in [1.29, 1.82) is 0 Å². The van der Waals surface area contributed by atoms with Crippen LogP contribution in [0.2, 0.25) is 0 Å². The van der Waals surface area contributed by atoms with E-state index in [1.54, 1.807) is 11.8 Å². The molecular weight excluding hydrogens is 272 g/mol. The van der Waals surface area contributed by atoms with Gasteiger partial charge in [0.25, 0.3) is 0 Å². The fraction of sp³-hybridized carbons (Fsp3) is 0.462. The van der Waals surface area contributed by atoms with Crippen LogP contribution in [0, 0.1) is 0 Å². The maximum atomic E-state index is 4.45. The lowest BCUT2D eigenvalue weighted by molar-refractivity contribution is 0.766. The van der Waals surface area contributed by atoms with Gasteiger partial charge in [0, 0.05) is 32.4 Å². The molecule has 0 unspecified atom stereocenters. The largest absolute Gasteiger partial charge is 0.370 e. The highest BCUT2D eigenvalue weighted by molar-refractivity contribution is 7.98. The van der Waals surface area contributed by atoms with Gasteiger partial charge >= 0.3 is 0 Å². The van der Waals surface area contributed by atoms with Crippen LogP contribution in [0.5, 0.6) is 0 Å². The van der Waals surface area contributed by atoms with Crippen molar-refractivity contribution in [2.24, 2.45) is 7.05 Å². The van der Waals surface area contributed by atoms with E-state index in [0.29, 0.717) is 0 Å². The Bertz CT molecular complexity index is 554. The van der Waals surface area contributed by atoms with E-state index in [0.717, 1.165) is 36.3 Å². The van der Waals surface area contributed by atoms with Crippen molar-refractivity contribution in [3.63, 3.8) is 0 Å². The minimum atomic E-state index is 0.771. The van der Waals surface area contributed by atoms with Crippen LogP contribution in [-0.4, -0.2) is 39.1 Å². The van der Waals surface area contributed by atoms with Crippen molar-refractivity contribution in [1.82, 2.24) is 19.7 Å². The number of nitrogens with one attached hydrogen (secondary N) is 2. The van der Waals surface area contributed by atoms with Crippen LogP contribution < -0.4 is 10.6 Å². The minimum absolute atomic E-state index is 0.771. The topological polar surface area (TPSA) is 67.7 Å². The summed E-state index contributed by atoms with van der Waals surface area (Å²) in [4.78, 5) is 8.85. The summed E-state index contributed by atoms with van der Waals surface area (Å²) in [5, 5.41) is 11.5. The molecule has 108 valence electrons. The molecule has 20 heavy (non-hydrogen) atoms. The molecule has 2 aromatic rings. The van der Waals surface area contributed by atoms with Crippen LogP contribution >= 0.6 is 11.8 Å². The Morgan fingerprint density at radius 2 is 2.00 bits per heavy atom. The average Bonchev–Trinajstić information content (AvgIpc) is 2.84. The van der Waals surface area contributed by atoms with Crippen molar-refractivity contribution >= 4 is 23.4 Å². The Labute approximate surface area is 123 Å². The third kappa shape index (κ3) is 4.12. The van der Waals surface area contributed by atoms with Crippen molar-refractivity contribution in [3.05, 3.63) is 24.0 Å². The predicted molar refractivity (Wildman–Crippen MR) is 83.4 cm³/mol. The summed E-state index contributed by atoms with van der Waals surface area (Å²) >= 11 is 1.54. The van der Waals surface area contributed by atoms with Gasteiger partial charge in [-0.3, -0.25) is 4.68 Å². The van der Waals surface area contributed by atoms with Gasteiger partial charge in [0.1, 0.15) is 11.6 Å². The molecule has 0 aromatic carbocycles. The Morgan fingerprint density at radius 3 is 2.60 bits per heavy atom. The second-order valence-electron chi connectivity index (χ2n) is 4.35. The van der Waals surface area contributed by atoms with Crippen molar-refractivity contribution in [3.8, 4) is 0 Å². The Kier molecular flexibility index (Phi) is 5.23. The number of anilines is 2. The Balaban J connectivity index is 1.95. The zero-order valence-electron chi connectivity index (χ0n) is 12.1. The highest BCUT2D eigenvalue weighted by atomic mass is 32.2. The zero-order chi connectivity index (χ0) is 14.4. The first-order valence-corrected chi connectivity index (χ1v) is 7.82. The molecule has 2 aromatic heterocycles. The highest BCUT2D eigenvalue weighted by Gasteiger charge is 2.03. The molecule has 2 heterocycles. The Hall–Kier alpha value is -1.76. The maximum Gasteiger partial charge on any atom is 0.191 e. The highest BCUT2D eigenvalue weighted by Crippen LogP contribution is 2.17. The van der Waals surface area contributed by atoms with Crippen molar-refractivity contribution in [2.45, 2.75) is 18.5 Å². The van der Waals surface area contributed by atoms with E-state index >= 15 is 0 Å². The van der Waals surface area contributed by atoms with E-state index in [2.05, 4.69) is 32.6 Å². The number of rotatable bonds is 7.